The first-order valence-electron chi connectivity index (χ1n) is 9.96. The molecule has 0 heterocycles. The molecule has 0 aromatic heterocycles. The van der Waals surface area contributed by atoms with Gasteiger partial charge >= 0.3 is 0 Å². The van der Waals surface area contributed by atoms with Crippen molar-refractivity contribution in [2.24, 2.45) is 0 Å². The van der Waals surface area contributed by atoms with Crippen LogP contribution in [0.25, 0.3) is 11.1 Å². The highest BCUT2D eigenvalue weighted by atomic mass is 31.1. The molecule has 2 aromatic rings. The Balaban J connectivity index is 2.59. The van der Waals surface area contributed by atoms with Crippen LogP contribution in [-0.2, 0) is 0 Å². The van der Waals surface area contributed by atoms with Crippen LogP contribution in [0.3, 0.4) is 0 Å². The second kappa shape index (κ2) is 9.02. The number of rotatable bonds is 6. The summed E-state index contributed by atoms with van der Waals surface area (Å²) in [5.41, 5.74) is 7.16. The minimum atomic E-state index is -0.403. The van der Waals surface area contributed by atoms with E-state index in [2.05, 4.69) is 103 Å². The standard InChI is InChI=1S/C24H35N2P/c1-16(2)20-11-9-10-12-21(20)23-15-19(7)13-14-22(23)24(25)26(8)27(17(3)4)18(5)6/h9-18,25H,1-8H3. The molecule has 146 valence electrons. The van der Waals surface area contributed by atoms with Crippen LogP contribution in [0, 0.1) is 12.3 Å². The van der Waals surface area contributed by atoms with Crippen molar-refractivity contribution in [1.29, 1.82) is 5.41 Å². The summed E-state index contributed by atoms with van der Waals surface area (Å²) in [4.78, 5) is 0. The van der Waals surface area contributed by atoms with Crippen LogP contribution in [0.4, 0.5) is 0 Å². The van der Waals surface area contributed by atoms with Crippen molar-refractivity contribution >= 4 is 13.9 Å². The maximum Gasteiger partial charge on any atom is 0.131 e. The van der Waals surface area contributed by atoms with E-state index in [-0.39, 0.29) is 0 Å². The van der Waals surface area contributed by atoms with Crippen LogP contribution in [0.2, 0.25) is 0 Å². The predicted molar refractivity (Wildman–Crippen MR) is 122 cm³/mol. The van der Waals surface area contributed by atoms with E-state index in [1.54, 1.807) is 0 Å². The topological polar surface area (TPSA) is 27.1 Å². The third-order valence-electron chi connectivity index (χ3n) is 5.03. The van der Waals surface area contributed by atoms with Crippen LogP contribution in [0.15, 0.2) is 42.5 Å². The van der Waals surface area contributed by atoms with Crippen molar-refractivity contribution in [3.63, 3.8) is 0 Å². The maximum atomic E-state index is 9.03. The number of hydrogen-bond donors (Lipinski definition) is 1. The fourth-order valence-corrected chi connectivity index (χ4v) is 6.83. The van der Waals surface area contributed by atoms with E-state index in [0.29, 0.717) is 23.1 Å². The average molecular weight is 383 g/mol. The quantitative estimate of drug-likeness (QED) is 0.318. The van der Waals surface area contributed by atoms with E-state index in [9.17, 15) is 0 Å². The molecule has 1 N–H and O–H groups in total. The summed E-state index contributed by atoms with van der Waals surface area (Å²) in [7, 11) is 1.70. The van der Waals surface area contributed by atoms with Gasteiger partial charge in [-0.25, -0.2) is 0 Å². The van der Waals surface area contributed by atoms with Gasteiger partial charge in [-0.2, -0.15) is 0 Å². The Hall–Kier alpha value is -1.66. The Kier molecular flexibility index (Phi) is 7.23. The minimum Gasteiger partial charge on any atom is -0.338 e. The van der Waals surface area contributed by atoms with Crippen molar-refractivity contribution in [1.82, 2.24) is 4.67 Å². The van der Waals surface area contributed by atoms with Gasteiger partial charge in [0.1, 0.15) is 5.84 Å². The fraction of sp³-hybridized carbons (Fsp3) is 0.458. The van der Waals surface area contributed by atoms with Gasteiger partial charge in [0.25, 0.3) is 0 Å². The Morgan fingerprint density at radius 2 is 1.48 bits per heavy atom. The number of nitrogens with zero attached hydrogens (tertiary/aromatic N) is 1. The van der Waals surface area contributed by atoms with Gasteiger partial charge in [0.15, 0.2) is 0 Å². The Bertz CT molecular complexity index is 785. The number of benzene rings is 2. The highest BCUT2D eigenvalue weighted by Crippen LogP contribution is 2.49. The second-order valence-corrected chi connectivity index (χ2v) is 11.7. The zero-order valence-corrected chi connectivity index (χ0v) is 19.1. The van der Waals surface area contributed by atoms with Crippen molar-refractivity contribution in [2.75, 3.05) is 7.05 Å². The van der Waals surface area contributed by atoms with Crippen molar-refractivity contribution in [3.8, 4) is 11.1 Å². The third kappa shape index (κ3) is 4.79. The van der Waals surface area contributed by atoms with E-state index in [1.165, 1.54) is 22.3 Å². The summed E-state index contributed by atoms with van der Waals surface area (Å²) in [5, 5.41) is 9.03. The molecule has 2 rings (SSSR count). The van der Waals surface area contributed by atoms with Gasteiger partial charge in [0.2, 0.25) is 0 Å². The molecule has 3 heteroatoms. The number of nitrogens with one attached hydrogen (secondary N) is 1. The lowest BCUT2D eigenvalue weighted by molar-refractivity contribution is 0.763. The summed E-state index contributed by atoms with van der Waals surface area (Å²) < 4.78 is 2.23. The average Bonchev–Trinajstić information content (AvgIpc) is 2.60. The van der Waals surface area contributed by atoms with Gasteiger partial charge < -0.3 is 4.67 Å². The normalized spacial score (nSPS) is 11.7. The zero-order valence-electron chi connectivity index (χ0n) is 18.2. The van der Waals surface area contributed by atoms with Crippen molar-refractivity contribution in [2.45, 2.75) is 65.7 Å². The van der Waals surface area contributed by atoms with Gasteiger partial charge in [-0.15, -0.1) is 0 Å². The van der Waals surface area contributed by atoms with E-state index >= 15 is 0 Å². The summed E-state index contributed by atoms with van der Waals surface area (Å²) in [6.07, 6.45) is 0. The molecular weight excluding hydrogens is 347 g/mol. The van der Waals surface area contributed by atoms with Crippen molar-refractivity contribution in [3.05, 3.63) is 59.2 Å². The van der Waals surface area contributed by atoms with E-state index in [0.717, 1.165) is 5.56 Å². The molecule has 2 aromatic carbocycles. The molecule has 0 fully saturated rings. The van der Waals surface area contributed by atoms with Crippen molar-refractivity contribution < 1.29 is 0 Å². The fourth-order valence-electron chi connectivity index (χ4n) is 3.91. The van der Waals surface area contributed by atoms with Gasteiger partial charge in [-0.3, -0.25) is 5.41 Å². The number of hydrogen-bond acceptors (Lipinski definition) is 1. The lowest BCUT2D eigenvalue weighted by Crippen LogP contribution is -2.28. The lowest BCUT2D eigenvalue weighted by atomic mass is 9.89. The third-order valence-corrected chi connectivity index (χ3v) is 8.04. The smallest absolute Gasteiger partial charge is 0.131 e. The SMILES string of the molecule is Cc1ccc(C(=N)N(C)P(C(C)C)C(C)C)c(-c2ccccc2C(C)C)c1. The highest BCUT2D eigenvalue weighted by molar-refractivity contribution is 7.57. The zero-order chi connectivity index (χ0) is 20.3. The number of amidine groups is 1. The Morgan fingerprint density at radius 1 is 0.889 bits per heavy atom. The van der Waals surface area contributed by atoms with Gasteiger partial charge in [0, 0.05) is 12.6 Å². The van der Waals surface area contributed by atoms with Crippen LogP contribution in [0.5, 0.6) is 0 Å². The molecule has 2 nitrogen and oxygen atoms in total. The maximum absolute atomic E-state index is 9.03. The summed E-state index contributed by atoms with van der Waals surface area (Å²) >= 11 is 0. The van der Waals surface area contributed by atoms with Gasteiger partial charge in [-0.1, -0.05) is 89.6 Å². The van der Waals surface area contributed by atoms with Crippen LogP contribution < -0.4 is 0 Å². The monoisotopic (exact) mass is 382 g/mol. The molecule has 0 aliphatic carbocycles. The first-order chi connectivity index (χ1) is 12.6. The molecule has 0 spiro atoms. The predicted octanol–water partition coefficient (Wildman–Crippen LogP) is 7.26. The van der Waals surface area contributed by atoms with Gasteiger partial charge in [0.05, 0.1) is 0 Å². The number of aryl methyl sites for hydroxylation is 1. The summed E-state index contributed by atoms with van der Waals surface area (Å²) in [6.45, 7) is 15.7. The molecule has 0 atom stereocenters. The van der Waals surface area contributed by atoms with E-state index < -0.39 is 8.07 Å². The first-order valence-corrected chi connectivity index (χ1v) is 11.4. The molecule has 0 aliphatic rings. The van der Waals surface area contributed by atoms with Crippen LogP contribution >= 0.6 is 8.07 Å². The largest absolute Gasteiger partial charge is 0.338 e. The highest BCUT2D eigenvalue weighted by Gasteiger charge is 2.26. The van der Waals surface area contributed by atoms with Crippen LogP contribution in [-0.4, -0.2) is 28.9 Å². The van der Waals surface area contributed by atoms with Crippen LogP contribution in [0.1, 0.15) is 64.2 Å². The van der Waals surface area contributed by atoms with E-state index in [1.807, 2.05) is 0 Å². The molecule has 0 saturated carbocycles. The summed E-state index contributed by atoms with van der Waals surface area (Å²) in [5.74, 6) is 1.09. The van der Waals surface area contributed by atoms with Gasteiger partial charge in [-0.05, 0) is 48.9 Å². The summed E-state index contributed by atoms with van der Waals surface area (Å²) in [6, 6.07) is 15.1. The first kappa shape index (κ1) is 21.6. The minimum absolute atomic E-state index is 0.403. The molecule has 0 bridgehead atoms. The molecule has 0 saturated heterocycles. The molecule has 0 radical (unpaired) electrons. The molecular formula is C24H35N2P. The molecule has 0 aliphatic heterocycles. The lowest BCUT2D eigenvalue weighted by Gasteiger charge is -2.36. The molecule has 0 amide bonds. The molecule has 27 heavy (non-hydrogen) atoms. The Labute approximate surface area is 167 Å². The molecule has 0 unspecified atom stereocenters. The Morgan fingerprint density at radius 3 is 2.04 bits per heavy atom. The van der Waals surface area contributed by atoms with E-state index in [4.69, 9.17) is 5.41 Å². The second-order valence-electron chi connectivity index (χ2n) is 8.23.